The predicted octanol–water partition coefficient (Wildman–Crippen LogP) is 4.47. The first-order valence-corrected chi connectivity index (χ1v) is 9.02. The molecule has 1 heterocycles. The molecule has 5 nitrogen and oxygen atoms in total. The molecule has 0 spiro atoms. The number of para-hydroxylation sites is 1. The van der Waals surface area contributed by atoms with Crippen LogP contribution in [0.15, 0.2) is 57.7 Å². The predicted molar refractivity (Wildman–Crippen MR) is 109 cm³/mol. The third kappa shape index (κ3) is 4.19. The van der Waals surface area contributed by atoms with Crippen LogP contribution in [0.5, 0.6) is 0 Å². The first-order chi connectivity index (χ1) is 12.8. The van der Waals surface area contributed by atoms with Crippen molar-refractivity contribution in [2.24, 2.45) is 0 Å². The summed E-state index contributed by atoms with van der Waals surface area (Å²) < 4.78 is 5.37. The van der Waals surface area contributed by atoms with Gasteiger partial charge in [0.05, 0.1) is 0 Å². The average Bonchev–Trinajstić information content (AvgIpc) is 2.59. The van der Waals surface area contributed by atoms with E-state index in [2.05, 4.69) is 43.1 Å². The van der Waals surface area contributed by atoms with Crippen molar-refractivity contribution in [3.8, 4) is 0 Å². The standard InChI is InChI=1S/C22H24N2O3/c1-14(2)24(20-8-6-5-7-15(20)3)13-17-11-22(26)27-21-12-18(23-16(4)25)9-10-19(17)21/h5-12,14H,13H2,1-4H3,(H,23,25). The molecule has 1 aromatic heterocycles. The number of carbonyl (C=O) groups is 1. The maximum atomic E-state index is 12.1. The van der Waals surface area contributed by atoms with E-state index in [1.54, 1.807) is 12.1 Å². The van der Waals surface area contributed by atoms with Crippen LogP contribution in [0.1, 0.15) is 31.9 Å². The molecule has 27 heavy (non-hydrogen) atoms. The second kappa shape index (κ2) is 7.66. The monoisotopic (exact) mass is 364 g/mol. The number of benzene rings is 2. The summed E-state index contributed by atoms with van der Waals surface area (Å²) in [5.74, 6) is -0.168. The second-order valence-electron chi connectivity index (χ2n) is 6.99. The van der Waals surface area contributed by atoms with Gasteiger partial charge in [-0.1, -0.05) is 18.2 Å². The molecule has 0 bridgehead atoms. The third-order valence-corrected chi connectivity index (χ3v) is 4.54. The van der Waals surface area contributed by atoms with Gasteiger partial charge in [0.2, 0.25) is 5.91 Å². The summed E-state index contributed by atoms with van der Waals surface area (Å²) in [6.07, 6.45) is 0. The normalized spacial score (nSPS) is 11.0. The summed E-state index contributed by atoms with van der Waals surface area (Å²) in [5.41, 5.74) is 3.90. The highest BCUT2D eigenvalue weighted by Gasteiger charge is 2.16. The molecular formula is C22H24N2O3. The van der Waals surface area contributed by atoms with Crippen molar-refractivity contribution >= 4 is 28.3 Å². The molecule has 2 aromatic carbocycles. The van der Waals surface area contributed by atoms with E-state index in [-0.39, 0.29) is 11.9 Å². The van der Waals surface area contributed by atoms with Crippen molar-refractivity contribution in [1.29, 1.82) is 0 Å². The highest BCUT2D eigenvalue weighted by molar-refractivity contribution is 5.92. The fourth-order valence-corrected chi connectivity index (χ4v) is 3.26. The molecule has 0 aliphatic rings. The van der Waals surface area contributed by atoms with Gasteiger partial charge in [0.15, 0.2) is 0 Å². The maximum Gasteiger partial charge on any atom is 0.336 e. The molecule has 0 saturated carbocycles. The van der Waals surface area contributed by atoms with Crippen LogP contribution in [0.25, 0.3) is 11.0 Å². The Morgan fingerprint density at radius 1 is 1.15 bits per heavy atom. The quantitative estimate of drug-likeness (QED) is 0.678. The molecule has 5 heteroatoms. The van der Waals surface area contributed by atoms with Gasteiger partial charge in [-0.2, -0.15) is 0 Å². The van der Waals surface area contributed by atoms with Gasteiger partial charge in [-0.15, -0.1) is 0 Å². The lowest BCUT2D eigenvalue weighted by atomic mass is 10.1. The Labute approximate surface area is 158 Å². The highest BCUT2D eigenvalue weighted by Crippen LogP contribution is 2.27. The van der Waals surface area contributed by atoms with Crippen LogP contribution in [0.3, 0.4) is 0 Å². The van der Waals surface area contributed by atoms with E-state index in [4.69, 9.17) is 4.42 Å². The van der Waals surface area contributed by atoms with Crippen LogP contribution in [0.2, 0.25) is 0 Å². The smallest absolute Gasteiger partial charge is 0.336 e. The van der Waals surface area contributed by atoms with Gasteiger partial charge in [-0.25, -0.2) is 4.79 Å². The zero-order valence-corrected chi connectivity index (χ0v) is 16.1. The second-order valence-corrected chi connectivity index (χ2v) is 6.99. The zero-order chi connectivity index (χ0) is 19.6. The molecule has 1 amide bonds. The number of fused-ring (bicyclic) bond motifs is 1. The Balaban J connectivity index is 2.06. The van der Waals surface area contributed by atoms with Crippen molar-refractivity contribution in [2.75, 3.05) is 10.2 Å². The fourth-order valence-electron chi connectivity index (χ4n) is 3.26. The lowest BCUT2D eigenvalue weighted by Gasteiger charge is -2.31. The van der Waals surface area contributed by atoms with Gasteiger partial charge in [0.25, 0.3) is 0 Å². The molecule has 3 rings (SSSR count). The van der Waals surface area contributed by atoms with Gasteiger partial charge in [0.1, 0.15) is 5.58 Å². The van der Waals surface area contributed by atoms with Crippen molar-refractivity contribution in [3.05, 3.63) is 70.1 Å². The Hall–Kier alpha value is -3.08. The molecule has 1 N–H and O–H groups in total. The SMILES string of the molecule is CC(=O)Nc1ccc2c(CN(c3ccccc3C)C(C)C)cc(=O)oc2c1. The number of nitrogens with one attached hydrogen (secondary N) is 1. The lowest BCUT2D eigenvalue weighted by molar-refractivity contribution is -0.114. The minimum absolute atomic E-state index is 0.168. The Morgan fingerprint density at radius 2 is 1.89 bits per heavy atom. The number of nitrogens with zero attached hydrogens (tertiary/aromatic N) is 1. The number of carbonyl (C=O) groups excluding carboxylic acids is 1. The van der Waals surface area contributed by atoms with Crippen molar-refractivity contribution in [3.63, 3.8) is 0 Å². The largest absolute Gasteiger partial charge is 0.423 e. The molecule has 0 unspecified atom stereocenters. The molecule has 0 fully saturated rings. The summed E-state index contributed by atoms with van der Waals surface area (Å²) >= 11 is 0. The number of anilines is 2. The Bertz CT molecular complexity index is 1040. The molecule has 0 aliphatic heterocycles. The molecular weight excluding hydrogens is 340 g/mol. The summed E-state index contributed by atoms with van der Waals surface area (Å²) in [6.45, 7) is 8.38. The summed E-state index contributed by atoms with van der Waals surface area (Å²) in [6, 6.07) is 15.4. The lowest BCUT2D eigenvalue weighted by Crippen LogP contribution is -2.31. The van der Waals surface area contributed by atoms with Crippen LogP contribution in [0, 0.1) is 6.92 Å². The van der Waals surface area contributed by atoms with E-state index in [0.29, 0.717) is 17.8 Å². The third-order valence-electron chi connectivity index (χ3n) is 4.54. The molecule has 3 aromatic rings. The number of aryl methyl sites for hydroxylation is 1. The van der Waals surface area contributed by atoms with Gasteiger partial charge in [-0.05, 0) is 50.1 Å². The Morgan fingerprint density at radius 3 is 2.56 bits per heavy atom. The van der Waals surface area contributed by atoms with Gasteiger partial charge in [0, 0.05) is 48.4 Å². The number of rotatable bonds is 5. The van der Waals surface area contributed by atoms with Crippen molar-refractivity contribution in [1.82, 2.24) is 0 Å². The summed E-state index contributed by atoms with van der Waals surface area (Å²) in [7, 11) is 0. The summed E-state index contributed by atoms with van der Waals surface area (Å²) in [4.78, 5) is 25.7. The van der Waals surface area contributed by atoms with E-state index >= 15 is 0 Å². The molecule has 140 valence electrons. The topological polar surface area (TPSA) is 62.6 Å². The zero-order valence-electron chi connectivity index (χ0n) is 16.1. The fraction of sp³-hybridized carbons (Fsp3) is 0.273. The average molecular weight is 364 g/mol. The molecule has 0 aliphatic carbocycles. The number of amides is 1. The number of hydrogen-bond acceptors (Lipinski definition) is 4. The molecule has 0 atom stereocenters. The van der Waals surface area contributed by atoms with E-state index in [1.807, 2.05) is 24.3 Å². The summed E-state index contributed by atoms with van der Waals surface area (Å²) in [5, 5.41) is 3.58. The Kier molecular flexibility index (Phi) is 5.31. The minimum atomic E-state index is -0.397. The van der Waals surface area contributed by atoms with Gasteiger partial charge in [-0.3, -0.25) is 4.79 Å². The van der Waals surface area contributed by atoms with Crippen LogP contribution < -0.4 is 15.8 Å². The molecule has 0 saturated heterocycles. The van der Waals surface area contributed by atoms with Crippen LogP contribution in [0.4, 0.5) is 11.4 Å². The van der Waals surface area contributed by atoms with Crippen molar-refractivity contribution < 1.29 is 9.21 Å². The molecule has 0 radical (unpaired) electrons. The minimum Gasteiger partial charge on any atom is -0.423 e. The first kappa shape index (κ1) is 18.7. The van der Waals surface area contributed by atoms with Crippen LogP contribution in [-0.4, -0.2) is 11.9 Å². The van der Waals surface area contributed by atoms with E-state index < -0.39 is 5.63 Å². The van der Waals surface area contributed by atoms with Crippen molar-refractivity contribution in [2.45, 2.75) is 40.3 Å². The van der Waals surface area contributed by atoms with Crippen LogP contribution >= 0.6 is 0 Å². The first-order valence-electron chi connectivity index (χ1n) is 9.02. The van der Waals surface area contributed by atoms with E-state index in [9.17, 15) is 9.59 Å². The van der Waals surface area contributed by atoms with Gasteiger partial charge < -0.3 is 14.6 Å². The van der Waals surface area contributed by atoms with Gasteiger partial charge >= 0.3 is 5.63 Å². The highest BCUT2D eigenvalue weighted by atomic mass is 16.4. The van der Waals surface area contributed by atoms with E-state index in [0.717, 1.165) is 16.6 Å². The van der Waals surface area contributed by atoms with E-state index in [1.165, 1.54) is 12.5 Å². The number of hydrogen-bond donors (Lipinski definition) is 1. The maximum absolute atomic E-state index is 12.1. The van der Waals surface area contributed by atoms with Crippen LogP contribution in [-0.2, 0) is 11.3 Å².